The summed E-state index contributed by atoms with van der Waals surface area (Å²) in [5, 5.41) is 0. The average molecular weight is 422 g/mol. The van der Waals surface area contributed by atoms with Crippen molar-refractivity contribution < 1.29 is 4.79 Å². The normalized spacial score (nSPS) is 14.3. The number of amides is 1. The Bertz CT molecular complexity index is 938. The Morgan fingerprint density at radius 1 is 1.03 bits per heavy atom. The Labute approximate surface area is 181 Å². The molecule has 1 amide bonds. The van der Waals surface area contributed by atoms with Crippen LogP contribution in [-0.2, 0) is 17.9 Å². The smallest absolute Gasteiger partial charge is 0.236 e. The highest BCUT2D eigenvalue weighted by Gasteiger charge is 2.23. The molecule has 7 heteroatoms. The van der Waals surface area contributed by atoms with Crippen molar-refractivity contribution in [2.24, 2.45) is 0 Å². The minimum atomic E-state index is 0.188. The molecule has 1 aliphatic heterocycles. The molecule has 0 N–H and O–H groups in total. The van der Waals surface area contributed by atoms with Gasteiger partial charge < -0.3 is 9.80 Å². The highest BCUT2D eigenvalue weighted by molar-refractivity contribution is 7.11. The quantitative estimate of drug-likeness (QED) is 0.586. The molecule has 1 fully saturated rings. The largest absolute Gasteiger partial charge is 0.353 e. The first-order valence-electron chi connectivity index (χ1n) is 10.3. The maximum atomic E-state index is 13.1. The van der Waals surface area contributed by atoms with Gasteiger partial charge in [0, 0.05) is 67.6 Å². The summed E-state index contributed by atoms with van der Waals surface area (Å²) in [5.41, 5.74) is 1.12. The lowest BCUT2D eigenvalue weighted by Crippen LogP contribution is -2.51. The van der Waals surface area contributed by atoms with E-state index in [1.807, 2.05) is 41.6 Å². The number of carbonyl (C=O) groups is 1. The molecule has 3 aromatic heterocycles. The van der Waals surface area contributed by atoms with Crippen LogP contribution in [0.15, 0.2) is 61.1 Å². The maximum Gasteiger partial charge on any atom is 0.236 e. The third-order valence-corrected chi connectivity index (χ3v) is 6.25. The van der Waals surface area contributed by atoms with Gasteiger partial charge in [-0.05, 0) is 42.8 Å². The number of piperazine rings is 1. The highest BCUT2D eigenvalue weighted by Crippen LogP contribution is 2.19. The third kappa shape index (κ3) is 5.43. The molecular weight excluding hydrogens is 394 g/mol. The summed E-state index contributed by atoms with van der Waals surface area (Å²) in [7, 11) is 0. The molecule has 3 aromatic rings. The van der Waals surface area contributed by atoms with Gasteiger partial charge in [0.05, 0.1) is 6.54 Å². The van der Waals surface area contributed by atoms with Gasteiger partial charge >= 0.3 is 0 Å². The van der Waals surface area contributed by atoms with Crippen molar-refractivity contribution in [1.82, 2.24) is 19.8 Å². The first-order valence-corrected chi connectivity index (χ1v) is 11.1. The number of hydrogen-bond acceptors (Lipinski definition) is 6. The van der Waals surface area contributed by atoms with E-state index in [9.17, 15) is 4.79 Å². The molecule has 156 valence electrons. The van der Waals surface area contributed by atoms with Crippen LogP contribution < -0.4 is 4.90 Å². The van der Waals surface area contributed by atoms with Crippen molar-refractivity contribution >= 4 is 23.1 Å². The van der Waals surface area contributed by atoms with Gasteiger partial charge in [-0.1, -0.05) is 12.1 Å². The van der Waals surface area contributed by atoms with Crippen molar-refractivity contribution in [2.75, 3.05) is 37.6 Å². The number of thiophene rings is 1. The lowest BCUT2D eigenvalue weighted by Gasteiger charge is -2.36. The fraction of sp³-hybridized carbons (Fsp3) is 0.348. The molecule has 4 rings (SSSR count). The summed E-state index contributed by atoms with van der Waals surface area (Å²) < 4.78 is 0. The summed E-state index contributed by atoms with van der Waals surface area (Å²) in [6.07, 6.45) is 5.47. The fourth-order valence-electron chi connectivity index (χ4n) is 3.73. The van der Waals surface area contributed by atoms with E-state index in [0.29, 0.717) is 13.1 Å². The number of hydrogen-bond donors (Lipinski definition) is 0. The van der Waals surface area contributed by atoms with E-state index in [-0.39, 0.29) is 5.91 Å². The molecule has 0 bridgehead atoms. The number of anilines is 1. The fourth-order valence-corrected chi connectivity index (χ4v) is 4.66. The number of nitrogens with zero attached hydrogens (tertiary/aromatic N) is 5. The van der Waals surface area contributed by atoms with E-state index in [0.717, 1.165) is 44.1 Å². The monoisotopic (exact) mass is 421 g/mol. The van der Waals surface area contributed by atoms with Gasteiger partial charge in [-0.25, -0.2) is 4.98 Å². The van der Waals surface area contributed by atoms with E-state index < -0.39 is 0 Å². The van der Waals surface area contributed by atoms with E-state index in [1.54, 1.807) is 17.5 Å². The second-order valence-electron chi connectivity index (χ2n) is 7.57. The van der Waals surface area contributed by atoms with Gasteiger partial charge in [0.1, 0.15) is 5.82 Å². The molecule has 1 aliphatic rings. The molecule has 0 radical (unpaired) electrons. The Hall–Kier alpha value is -2.77. The molecule has 0 spiro atoms. The van der Waals surface area contributed by atoms with Crippen LogP contribution in [0.2, 0.25) is 0 Å². The summed E-state index contributed by atoms with van der Waals surface area (Å²) in [6, 6.07) is 14.3. The Kier molecular flexibility index (Phi) is 6.71. The van der Waals surface area contributed by atoms with Crippen molar-refractivity contribution in [3.63, 3.8) is 0 Å². The Morgan fingerprint density at radius 3 is 2.57 bits per heavy atom. The number of aromatic nitrogens is 2. The summed E-state index contributed by atoms with van der Waals surface area (Å²) in [4.78, 5) is 30.7. The molecule has 1 saturated heterocycles. The molecule has 4 heterocycles. The summed E-state index contributed by atoms with van der Waals surface area (Å²) >= 11 is 1.79. The van der Waals surface area contributed by atoms with Crippen LogP contribution >= 0.6 is 11.3 Å². The standard InChI is InChI=1S/C23H27N5OS/c1-19-7-8-21(30-19)17-26(16-20-5-4-9-24-15-20)18-23(29)28-13-11-27(12-14-28)22-6-2-3-10-25-22/h2-10,15H,11-14,16-18H2,1H3. The zero-order chi connectivity index (χ0) is 20.8. The molecule has 0 aromatic carbocycles. The van der Waals surface area contributed by atoms with Crippen LogP contribution in [0.4, 0.5) is 5.82 Å². The van der Waals surface area contributed by atoms with Gasteiger partial charge in [0.2, 0.25) is 5.91 Å². The van der Waals surface area contributed by atoms with Gasteiger partial charge in [-0.3, -0.25) is 14.7 Å². The second kappa shape index (κ2) is 9.82. The van der Waals surface area contributed by atoms with Crippen molar-refractivity contribution in [3.05, 3.63) is 76.4 Å². The van der Waals surface area contributed by atoms with Gasteiger partial charge in [-0.2, -0.15) is 0 Å². The molecule has 0 atom stereocenters. The summed E-state index contributed by atoms with van der Waals surface area (Å²) in [6.45, 7) is 7.10. The first kappa shape index (κ1) is 20.5. The van der Waals surface area contributed by atoms with Crippen LogP contribution in [0.3, 0.4) is 0 Å². The van der Waals surface area contributed by atoms with E-state index in [4.69, 9.17) is 0 Å². The molecule has 0 unspecified atom stereocenters. The summed E-state index contributed by atoms with van der Waals surface area (Å²) in [5.74, 6) is 1.17. The lowest BCUT2D eigenvalue weighted by molar-refractivity contribution is -0.133. The predicted molar refractivity (Wildman–Crippen MR) is 120 cm³/mol. The van der Waals surface area contributed by atoms with Crippen LogP contribution in [0.5, 0.6) is 0 Å². The SMILES string of the molecule is Cc1ccc(CN(CC(=O)N2CCN(c3ccccn3)CC2)Cc2cccnc2)s1. The van der Waals surface area contributed by atoms with Crippen LogP contribution in [0, 0.1) is 6.92 Å². The first-order chi connectivity index (χ1) is 14.7. The van der Waals surface area contributed by atoms with Gasteiger partial charge in [0.15, 0.2) is 0 Å². The van der Waals surface area contributed by atoms with Gasteiger partial charge in [0.25, 0.3) is 0 Å². The number of rotatable bonds is 7. The van der Waals surface area contributed by atoms with Crippen molar-refractivity contribution in [2.45, 2.75) is 20.0 Å². The number of aryl methyl sites for hydroxylation is 1. The molecule has 30 heavy (non-hydrogen) atoms. The Morgan fingerprint density at radius 2 is 1.90 bits per heavy atom. The highest BCUT2D eigenvalue weighted by atomic mass is 32.1. The Balaban J connectivity index is 1.37. The van der Waals surface area contributed by atoms with E-state index in [2.05, 4.69) is 44.9 Å². The molecule has 0 saturated carbocycles. The lowest BCUT2D eigenvalue weighted by atomic mass is 10.2. The average Bonchev–Trinajstić information content (AvgIpc) is 3.19. The number of pyridine rings is 2. The minimum absolute atomic E-state index is 0.188. The van der Waals surface area contributed by atoms with Crippen LogP contribution in [-0.4, -0.2) is 58.4 Å². The molecule has 6 nitrogen and oxygen atoms in total. The van der Waals surface area contributed by atoms with Crippen molar-refractivity contribution in [3.8, 4) is 0 Å². The van der Waals surface area contributed by atoms with Crippen molar-refractivity contribution in [1.29, 1.82) is 0 Å². The van der Waals surface area contributed by atoms with Gasteiger partial charge in [-0.15, -0.1) is 11.3 Å². The van der Waals surface area contributed by atoms with E-state index in [1.165, 1.54) is 9.75 Å². The second-order valence-corrected chi connectivity index (χ2v) is 8.95. The molecule has 0 aliphatic carbocycles. The van der Waals surface area contributed by atoms with Crippen LogP contribution in [0.1, 0.15) is 15.3 Å². The zero-order valence-electron chi connectivity index (χ0n) is 17.3. The molecular formula is C23H27N5OS. The van der Waals surface area contributed by atoms with E-state index >= 15 is 0 Å². The van der Waals surface area contributed by atoms with Crippen LogP contribution in [0.25, 0.3) is 0 Å². The third-order valence-electron chi connectivity index (χ3n) is 5.27. The minimum Gasteiger partial charge on any atom is -0.353 e. The zero-order valence-corrected chi connectivity index (χ0v) is 18.1. The predicted octanol–water partition coefficient (Wildman–Crippen LogP) is 3.20. The number of carbonyl (C=O) groups excluding carboxylic acids is 1. The topological polar surface area (TPSA) is 52.6 Å². The maximum absolute atomic E-state index is 13.1.